The fraction of sp³-hybridized carbons (Fsp3) is 0.625. The molecule has 2 heteroatoms. The van der Waals surface area contributed by atoms with Gasteiger partial charge >= 0.3 is 0 Å². The summed E-state index contributed by atoms with van der Waals surface area (Å²) in [6.07, 6.45) is 4.86. The van der Waals surface area contributed by atoms with Crippen LogP contribution in [0.5, 0.6) is 0 Å². The molecule has 1 saturated carbocycles. The van der Waals surface area contributed by atoms with E-state index in [1.165, 1.54) is 0 Å². The number of rotatable bonds is 0. The Balaban J connectivity index is 2.23. The Labute approximate surface area is 59.5 Å². The van der Waals surface area contributed by atoms with Crippen LogP contribution in [0.4, 0.5) is 0 Å². The number of hydrogen-bond donors (Lipinski definition) is 1. The summed E-state index contributed by atoms with van der Waals surface area (Å²) in [6, 6.07) is 0. The number of aliphatic hydroxyl groups is 1. The highest BCUT2D eigenvalue weighted by Crippen LogP contribution is 2.34. The van der Waals surface area contributed by atoms with Crippen LogP contribution in [0, 0.1) is 11.8 Å². The Kier molecular flexibility index (Phi) is 1.17. The van der Waals surface area contributed by atoms with Gasteiger partial charge in [0.25, 0.3) is 0 Å². The first-order chi connectivity index (χ1) is 4.77. The first-order valence-corrected chi connectivity index (χ1v) is 3.66. The Hall–Kier alpha value is -0.630. The van der Waals surface area contributed by atoms with Gasteiger partial charge in [-0.25, -0.2) is 0 Å². The van der Waals surface area contributed by atoms with Crippen molar-refractivity contribution in [1.29, 1.82) is 0 Å². The van der Waals surface area contributed by atoms with Crippen LogP contribution >= 0.6 is 0 Å². The second-order valence-corrected chi connectivity index (χ2v) is 3.16. The van der Waals surface area contributed by atoms with Crippen molar-refractivity contribution in [1.82, 2.24) is 0 Å². The number of allylic oxidation sites excluding steroid dienone is 1. The second kappa shape index (κ2) is 1.92. The Bertz CT molecular complexity index is 195. The maximum Gasteiger partial charge on any atom is 0.162 e. The van der Waals surface area contributed by atoms with Crippen LogP contribution in [0.15, 0.2) is 12.2 Å². The molecule has 0 aromatic rings. The number of aliphatic hydroxyl groups excluding tert-OH is 1. The van der Waals surface area contributed by atoms with Gasteiger partial charge in [0.15, 0.2) is 5.78 Å². The fourth-order valence-corrected chi connectivity index (χ4v) is 1.81. The molecule has 0 spiro atoms. The minimum Gasteiger partial charge on any atom is -0.385 e. The minimum atomic E-state index is -0.699. The molecule has 0 aromatic heterocycles. The third-order valence-corrected chi connectivity index (χ3v) is 2.40. The number of carbonyl (C=O) groups is 1. The summed E-state index contributed by atoms with van der Waals surface area (Å²) in [5.41, 5.74) is 0. The average Bonchev–Trinajstić information content (AvgIpc) is 2.29. The number of Topliss-reactive ketones (excluding diaryl/α,β-unsaturated/α-hetero) is 1. The molecule has 2 rings (SSSR count). The van der Waals surface area contributed by atoms with Gasteiger partial charge in [-0.2, -0.15) is 0 Å². The molecule has 1 N–H and O–H groups in total. The Morgan fingerprint density at radius 2 is 2.30 bits per heavy atom. The van der Waals surface area contributed by atoms with E-state index < -0.39 is 6.10 Å². The first kappa shape index (κ1) is 6.10. The van der Waals surface area contributed by atoms with E-state index in [4.69, 9.17) is 0 Å². The van der Waals surface area contributed by atoms with E-state index >= 15 is 0 Å². The van der Waals surface area contributed by atoms with Gasteiger partial charge in [0, 0.05) is 12.3 Å². The molecule has 0 aromatic carbocycles. The zero-order chi connectivity index (χ0) is 7.14. The molecule has 10 heavy (non-hydrogen) atoms. The van der Waals surface area contributed by atoms with E-state index in [1.54, 1.807) is 0 Å². The minimum absolute atomic E-state index is 0.0197. The van der Waals surface area contributed by atoms with E-state index in [0.717, 1.165) is 6.42 Å². The van der Waals surface area contributed by atoms with E-state index in [0.29, 0.717) is 12.3 Å². The molecule has 0 aliphatic heterocycles. The summed E-state index contributed by atoms with van der Waals surface area (Å²) in [4.78, 5) is 11.0. The van der Waals surface area contributed by atoms with Gasteiger partial charge in [-0.1, -0.05) is 12.2 Å². The van der Waals surface area contributed by atoms with Crippen LogP contribution in [0.25, 0.3) is 0 Å². The lowest BCUT2D eigenvalue weighted by Crippen LogP contribution is -2.33. The van der Waals surface area contributed by atoms with E-state index in [-0.39, 0.29) is 11.7 Å². The summed E-state index contributed by atoms with van der Waals surface area (Å²) in [5, 5.41) is 9.26. The summed E-state index contributed by atoms with van der Waals surface area (Å²) in [7, 11) is 0. The van der Waals surface area contributed by atoms with E-state index in [1.807, 2.05) is 6.08 Å². The van der Waals surface area contributed by atoms with Crippen LogP contribution in [-0.4, -0.2) is 17.0 Å². The first-order valence-electron chi connectivity index (χ1n) is 3.66. The average molecular weight is 138 g/mol. The van der Waals surface area contributed by atoms with Crippen LogP contribution in [0.2, 0.25) is 0 Å². The van der Waals surface area contributed by atoms with Gasteiger partial charge in [-0.3, -0.25) is 4.79 Å². The van der Waals surface area contributed by atoms with Gasteiger partial charge in [-0.15, -0.1) is 0 Å². The molecular formula is C8H10O2. The fourth-order valence-electron chi connectivity index (χ4n) is 1.81. The maximum absolute atomic E-state index is 11.0. The normalized spacial score (nSPS) is 44.5. The van der Waals surface area contributed by atoms with Crippen molar-refractivity contribution in [2.24, 2.45) is 11.8 Å². The number of hydrogen-bond acceptors (Lipinski definition) is 2. The number of ketones is 1. The smallest absolute Gasteiger partial charge is 0.162 e. The molecule has 2 nitrogen and oxygen atoms in total. The monoisotopic (exact) mass is 138 g/mol. The molecule has 0 saturated heterocycles. The summed E-state index contributed by atoms with van der Waals surface area (Å²) < 4.78 is 0. The van der Waals surface area contributed by atoms with E-state index in [9.17, 15) is 9.90 Å². The summed E-state index contributed by atoms with van der Waals surface area (Å²) in [5.74, 6) is 0.582. The molecule has 0 heterocycles. The molecular weight excluding hydrogens is 128 g/mol. The quantitative estimate of drug-likeness (QED) is 0.495. The number of carbonyl (C=O) groups excluding carboxylic acids is 1. The lowest BCUT2D eigenvalue weighted by Gasteiger charge is -2.22. The Morgan fingerprint density at radius 3 is 3.10 bits per heavy atom. The zero-order valence-corrected chi connectivity index (χ0v) is 5.66. The topological polar surface area (TPSA) is 37.3 Å². The third kappa shape index (κ3) is 0.721. The van der Waals surface area contributed by atoms with Crippen LogP contribution in [0.3, 0.4) is 0 Å². The highest BCUT2D eigenvalue weighted by molar-refractivity contribution is 5.85. The standard InChI is InChI=1S/C8H10O2/c9-7-4-5-1-2-6(3-5)8(7)10/h1-2,5-6,8,10H,3-4H2/t5-,6+,8?/m0/s1. The van der Waals surface area contributed by atoms with Gasteiger partial charge < -0.3 is 5.11 Å². The van der Waals surface area contributed by atoms with Gasteiger partial charge in [0.1, 0.15) is 6.10 Å². The molecule has 3 atom stereocenters. The molecule has 2 aliphatic rings. The highest BCUT2D eigenvalue weighted by Gasteiger charge is 2.36. The Morgan fingerprint density at radius 1 is 1.50 bits per heavy atom. The van der Waals surface area contributed by atoms with Crippen molar-refractivity contribution in [2.75, 3.05) is 0 Å². The summed E-state index contributed by atoms with van der Waals surface area (Å²) >= 11 is 0. The van der Waals surface area contributed by atoms with Crippen molar-refractivity contribution in [2.45, 2.75) is 18.9 Å². The lowest BCUT2D eigenvalue weighted by molar-refractivity contribution is -0.131. The highest BCUT2D eigenvalue weighted by atomic mass is 16.3. The maximum atomic E-state index is 11.0. The lowest BCUT2D eigenvalue weighted by atomic mass is 9.85. The molecule has 1 unspecified atom stereocenters. The predicted octanol–water partition coefficient (Wildman–Crippen LogP) is 0.512. The largest absolute Gasteiger partial charge is 0.385 e. The molecule has 0 radical (unpaired) electrons. The van der Waals surface area contributed by atoms with Crippen LogP contribution in [0.1, 0.15) is 12.8 Å². The summed E-state index contributed by atoms with van der Waals surface area (Å²) in [6.45, 7) is 0. The third-order valence-electron chi connectivity index (χ3n) is 2.40. The molecule has 2 aliphatic carbocycles. The predicted molar refractivity (Wildman–Crippen MR) is 36.4 cm³/mol. The van der Waals surface area contributed by atoms with Crippen LogP contribution < -0.4 is 0 Å². The van der Waals surface area contributed by atoms with Crippen molar-refractivity contribution in [3.05, 3.63) is 12.2 Å². The second-order valence-electron chi connectivity index (χ2n) is 3.16. The molecule has 54 valence electrons. The van der Waals surface area contributed by atoms with Crippen molar-refractivity contribution < 1.29 is 9.90 Å². The molecule has 2 bridgehead atoms. The van der Waals surface area contributed by atoms with Gasteiger partial charge in [0.2, 0.25) is 0 Å². The molecule has 1 fully saturated rings. The van der Waals surface area contributed by atoms with Crippen molar-refractivity contribution in [3.8, 4) is 0 Å². The molecule has 0 amide bonds. The van der Waals surface area contributed by atoms with Crippen molar-refractivity contribution >= 4 is 5.78 Å². The SMILES string of the molecule is O=C1C[C@H]2C=C[C@H](C2)C1O. The van der Waals surface area contributed by atoms with Gasteiger partial charge in [-0.05, 0) is 12.3 Å². The number of fused-ring (bicyclic) bond motifs is 2. The van der Waals surface area contributed by atoms with Gasteiger partial charge in [0.05, 0.1) is 0 Å². The van der Waals surface area contributed by atoms with Crippen molar-refractivity contribution in [3.63, 3.8) is 0 Å². The zero-order valence-electron chi connectivity index (χ0n) is 5.66. The van der Waals surface area contributed by atoms with E-state index in [2.05, 4.69) is 6.08 Å². The van der Waals surface area contributed by atoms with Crippen LogP contribution in [-0.2, 0) is 4.79 Å².